The SMILES string of the molecule is Cc1cccc(NC(C)c2ccc(S(N)(=O)=O)cc2)n1. The first-order valence-corrected chi connectivity index (χ1v) is 7.74. The number of nitrogens with two attached hydrogens (primary N) is 1. The first-order chi connectivity index (χ1) is 9.36. The maximum Gasteiger partial charge on any atom is 0.238 e. The molecular weight excluding hydrogens is 274 g/mol. The number of nitrogens with one attached hydrogen (secondary N) is 1. The first-order valence-electron chi connectivity index (χ1n) is 6.19. The summed E-state index contributed by atoms with van der Waals surface area (Å²) in [4.78, 5) is 4.48. The minimum absolute atomic E-state index is 0.0128. The third kappa shape index (κ3) is 3.55. The van der Waals surface area contributed by atoms with Gasteiger partial charge in [0.05, 0.1) is 4.90 Å². The van der Waals surface area contributed by atoms with E-state index in [1.54, 1.807) is 12.1 Å². The van der Waals surface area contributed by atoms with E-state index in [0.29, 0.717) is 0 Å². The molecule has 0 radical (unpaired) electrons. The fourth-order valence-corrected chi connectivity index (χ4v) is 2.39. The highest BCUT2D eigenvalue weighted by Gasteiger charge is 2.10. The van der Waals surface area contributed by atoms with E-state index in [1.807, 2.05) is 32.0 Å². The lowest BCUT2D eigenvalue weighted by atomic mass is 10.1. The summed E-state index contributed by atoms with van der Waals surface area (Å²) in [7, 11) is -3.64. The topological polar surface area (TPSA) is 85.1 Å². The van der Waals surface area contributed by atoms with Crippen LogP contribution in [-0.2, 0) is 10.0 Å². The van der Waals surface area contributed by atoms with Crippen LogP contribution in [0.15, 0.2) is 47.4 Å². The molecule has 5 nitrogen and oxygen atoms in total. The summed E-state index contributed by atoms with van der Waals surface area (Å²) in [5.74, 6) is 0.785. The van der Waals surface area contributed by atoms with Crippen molar-refractivity contribution in [3.8, 4) is 0 Å². The van der Waals surface area contributed by atoms with Crippen LogP contribution in [0, 0.1) is 6.92 Å². The summed E-state index contributed by atoms with van der Waals surface area (Å²) in [5.41, 5.74) is 1.90. The molecule has 0 saturated carbocycles. The number of hydrogen-bond donors (Lipinski definition) is 2. The fourth-order valence-electron chi connectivity index (χ4n) is 1.87. The van der Waals surface area contributed by atoms with Crippen molar-refractivity contribution in [3.63, 3.8) is 0 Å². The van der Waals surface area contributed by atoms with Crippen LogP contribution >= 0.6 is 0 Å². The Balaban J connectivity index is 2.15. The molecule has 1 unspecified atom stereocenters. The zero-order valence-corrected chi connectivity index (χ0v) is 12.2. The monoisotopic (exact) mass is 291 g/mol. The number of rotatable bonds is 4. The van der Waals surface area contributed by atoms with Crippen LogP contribution in [0.25, 0.3) is 0 Å². The summed E-state index contributed by atoms with van der Waals surface area (Å²) < 4.78 is 22.4. The predicted octanol–water partition coefficient (Wildman–Crippen LogP) is 2.21. The first kappa shape index (κ1) is 14.5. The van der Waals surface area contributed by atoms with Crippen LogP contribution in [0.1, 0.15) is 24.2 Å². The number of hydrogen-bond acceptors (Lipinski definition) is 4. The summed E-state index contributed by atoms with van der Waals surface area (Å²) in [6.07, 6.45) is 0. The van der Waals surface area contributed by atoms with E-state index in [1.165, 1.54) is 12.1 Å². The van der Waals surface area contributed by atoms with Gasteiger partial charge in [-0.25, -0.2) is 18.5 Å². The molecule has 106 valence electrons. The average Bonchev–Trinajstić information content (AvgIpc) is 2.38. The lowest BCUT2D eigenvalue weighted by Gasteiger charge is -2.15. The third-order valence-electron chi connectivity index (χ3n) is 2.96. The van der Waals surface area contributed by atoms with Crippen molar-refractivity contribution in [3.05, 3.63) is 53.7 Å². The quantitative estimate of drug-likeness (QED) is 0.904. The fraction of sp³-hybridized carbons (Fsp3) is 0.214. The van der Waals surface area contributed by atoms with Gasteiger partial charge in [-0.15, -0.1) is 0 Å². The van der Waals surface area contributed by atoms with E-state index in [0.717, 1.165) is 17.1 Å². The van der Waals surface area contributed by atoms with Gasteiger partial charge in [0, 0.05) is 11.7 Å². The summed E-state index contributed by atoms with van der Waals surface area (Å²) in [6, 6.07) is 12.3. The van der Waals surface area contributed by atoms with Crippen molar-refractivity contribution in [2.75, 3.05) is 5.32 Å². The molecule has 6 heteroatoms. The van der Waals surface area contributed by atoms with Gasteiger partial charge in [-0.1, -0.05) is 18.2 Å². The highest BCUT2D eigenvalue weighted by atomic mass is 32.2. The van der Waals surface area contributed by atoms with Crippen molar-refractivity contribution in [1.29, 1.82) is 0 Å². The Kier molecular flexibility index (Phi) is 4.06. The lowest BCUT2D eigenvalue weighted by Crippen LogP contribution is -2.13. The number of pyridine rings is 1. The number of sulfonamides is 1. The Labute approximate surface area is 118 Å². The molecule has 1 heterocycles. The molecule has 2 aromatic rings. The zero-order chi connectivity index (χ0) is 14.8. The number of anilines is 1. The second-order valence-corrected chi connectivity index (χ2v) is 6.21. The van der Waals surface area contributed by atoms with Gasteiger partial charge < -0.3 is 5.32 Å². The van der Waals surface area contributed by atoms with Gasteiger partial charge in [-0.2, -0.15) is 0 Å². The van der Waals surface area contributed by atoms with E-state index in [2.05, 4.69) is 10.3 Å². The number of aromatic nitrogens is 1. The van der Waals surface area contributed by atoms with E-state index >= 15 is 0 Å². The number of benzene rings is 1. The van der Waals surface area contributed by atoms with Gasteiger partial charge in [0.25, 0.3) is 0 Å². The summed E-state index contributed by atoms with van der Waals surface area (Å²) >= 11 is 0. The van der Waals surface area contributed by atoms with Gasteiger partial charge >= 0.3 is 0 Å². The van der Waals surface area contributed by atoms with Gasteiger partial charge in [0.15, 0.2) is 0 Å². The van der Waals surface area contributed by atoms with Crippen molar-refractivity contribution in [1.82, 2.24) is 4.98 Å². The summed E-state index contributed by atoms with van der Waals surface area (Å²) in [5, 5.41) is 8.34. The molecule has 1 atom stereocenters. The molecule has 0 bridgehead atoms. The van der Waals surface area contributed by atoms with E-state index in [-0.39, 0.29) is 10.9 Å². The van der Waals surface area contributed by atoms with Crippen LogP contribution in [0.3, 0.4) is 0 Å². The van der Waals surface area contributed by atoms with Crippen molar-refractivity contribution >= 4 is 15.8 Å². The van der Waals surface area contributed by atoms with Gasteiger partial charge in [-0.05, 0) is 43.7 Å². The van der Waals surface area contributed by atoms with Gasteiger partial charge in [-0.3, -0.25) is 0 Å². The van der Waals surface area contributed by atoms with Gasteiger partial charge in [0.2, 0.25) is 10.0 Å². The van der Waals surface area contributed by atoms with Crippen LogP contribution in [0.4, 0.5) is 5.82 Å². The van der Waals surface area contributed by atoms with Crippen LogP contribution in [0.5, 0.6) is 0 Å². The van der Waals surface area contributed by atoms with Crippen LogP contribution < -0.4 is 10.5 Å². The Bertz CT molecular complexity index is 697. The molecule has 20 heavy (non-hydrogen) atoms. The van der Waals surface area contributed by atoms with E-state index < -0.39 is 10.0 Å². The largest absolute Gasteiger partial charge is 0.364 e. The normalized spacial score (nSPS) is 12.9. The number of aryl methyl sites for hydroxylation is 1. The molecule has 3 N–H and O–H groups in total. The molecule has 0 saturated heterocycles. The molecule has 2 rings (SSSR count). The third-order valence-corrected chi connectivity index (χ3v) is 3.89. The highest BCUT2D eigenvalue weighted by molar-refractivity contribution is 7.89. The Morgan fingerprint density at radius 1 is 1.15 bits per heavy atom. The Morgan fingerprint density at radius 3 is 2.35 bits per heavy atom. The van der Waals surface area contributed by atoms with Gasteiger partial charge in [0.1, 0.15) is 5.82 Å². The molecule has 0 spiro atoms. The predicted molar refractivity (Wildman–Crippen MR) is 78.8 cm³/mol. The van der Waals surface area contributed by atoms with E-state index in [9.17, 15) is 8.42 Å². The number of nitrogens with zero attached hydrogens (tertiary/aromatic N) is 1. The molecular formula is C14H17N3O2S. The molecule has 0 amide bonds. The second kappa shape index (κ2) is 5.60. The highest BCUT2D eigenvalue weighted by Crippen LogP contribution is 2.19. The maximum absolute atomic E-state index is 11.2. The molecule has 1 aromatic heterocycles. The standard InChI is InChI=1S/C14H17N3O2S/c1-10-4-3-5-14(16-10)17-11(2)12-6-8-13(9-7-12)20(15,18)19/h3-9,11H,1-2H3,(H,16,17)(H2,15,18,19). The molecule has 0 aliphatic carbocycles. The molecule has 1 aromatic carbocycles. The Hall–Kier alpha value is -1.92. The molecule has 0 fully saturated rings. The average molecular weight is 291 g/mol. The zero-order valence-electron chi connectivity index (χ0n) is 11.4. The molecule has 0 aliphatic rings. The second-order valence-electron chi connectivity index (χ2n) is 4.64. The minimum Gasteiger partial charge on any atom is -0.364 e. The van der Waals surface area contributed by atoms with Crippen LogP contribution in [-0.4, -0.2) is 13.4 Å². The lowest BCUT2D eigenvalue weighted by molar-refractivity contribution is 0.597. The smallest absolute Gasteiger partial charge is 0.238 e. The van der Waals surface area contributed by atoms with Crippen LogP contribution in [0.2, 0.25) is 0 Å². The van der Waals surface area contributed by atoms with Crippen molar-refractivity contribution in [2.24, 2.45) is 5.14 Å². The minimum atomic E-state index is -3.64. The Morgan fingerprint density at radius 2 is 1.80 bits per heavy atom. The maximum atomic E-state index is 11.2. The van der Waals surface area contributed by atoms with Crippen molar-refractivity contribution < 1.29 is 8.42 Å². The van der Waals surface area contributed by atoms with E-state index in [4.69, 9.17) is 5.14 Å². The molecule has 0 aliphatic heterocycles. The summed E-state index contributed by atoms with van der Waals surface area (Å²) in [6.45, 7) is 3.91. The number of primary sulfonamides is 1. The van der Waals surface area contributed by atoms with Crippen molar-refractivity contribution in [2.45, 2.75) is 24.8 Å².